The quantitative estimate of drug-likeness (QED) is 0.916. The van der Waals surface area contributed by atoms with E-state index in [4.69, 9.17) is 0 Å². The molecule has 22 heavy (non-hydrogen) atoms. The Bertz CT molecular complexity index is 684. The maximum Gasteiger partial charge on any atom is 0.224 e. The van der Waals surface area contributed by atoms with E-state index < -0.39 is 0 Å². The van der Waals surface area contributed by atoms with Gasteiger partial charge >= 0.3 is 0 Å². The van der Waals surface area contributed by atoms with Crippen LogP contribution >= 0.6 is 0 Å². The van der Waals surface area contributed by atoms with Crippen LogP contribution in [0.4, 0.5) is 0 Å². The van der Waals surface area contributed by atoms with Crippen molar-refractivity contribution in [3.8, 4) is 0 Å². The van der Waals surface area contributed by atoms with Crippen LogP contribution in [0.1, 0.15) is 30.4 Å². The van der Waals surface area contributed by atoms with Gasteiger partial charge in [0, 0.05) is 17.9 Å². The summed E-state index contributed by atoms with van der Waals surface area (Å²) in [6, 6.07) is 8.61. The second-order valence-electron chi connectivity index (χ2n) is 6.25. The molecule has 1 amide bonds. The first-order chi connectivity index (χ1) is 10.8. The third-order valence-corrected chi connectivity index (χ3v) is 5.02. The number of carbonyl (C=O) groups is 1. The van der Waals surface area contributed by atoms with Crippen LogP contribution in [0.25, 0.3) is 0 Å². The topological polar surface area (TPSA) is 72.7 Å². The van der Waals surface area contributed by atoms with Crippen molar-refractivity contribution in [2.24, 2.45) is 5.92 Å². The normalized spacial score (nSPS) is 25.7. The monoisotopic (exact) mass is 297 g/mol. The zero-order valence-corrected chi connectivity index (χ0v) is 12.4. The molecule has 0 aliphatic heterocycles. The van der Waals surface area contributed by atoms with Crippen molar-refractivity contribution in [3.05, 3.63) is 41.7 Å². The summed E-state index contributed by atoms with van der Waals surface area (Å²) in [5.74, 6) is 0.287. The number of benzene rings is 1. The lowest BCUT2D eigenvalue weighted by Crippen LogP contribution is -2.32. The molecule has 1 heterocycles. The first kappa shape index (κ1) is 13.4. The van der Waals surface area contributed by atoms with Gasteiger partial charge in [0.05, 0.1) is 6.54 Å². The predicted molar refractivity (Wildman–Crippen MR) is 80.0 cm³/mol. The van der Waals surface area contributed by atoms with Crippen LogP contribution in [0.2, 0.25) is 0 Å². The molecule has 2 atom stereocenters. The third kappa shape index (κ3) is 2.19. The maximum atomic E-state index is 12.4. The lowest BCUT2D eigenvalue weighted by Gasteiger charge is -2.26. The number of rotatable bonds is 4. The van der Waals surface area contributed by atoms with Crippen molar-refractivity contribution in [1.29, 1.82) is 0 Å². The van der Waals surface area contributed by atoms with Gasteiger partial charge in [-0.2, -0.15) is 4.80 Å². The minimum atomic E-state index is 0.102. The van der Waals surface area contributed by atoms with Crippen molar-refractivity contribution in [3.63, 3.8) is 0 Å². The van der Waals surface area contributed by atoms with Crippen LogP contribution in [0, 0.1) is 5.92 Å². The number of aryl methyl sites for hydroxylation is 1. The number of nitrogens with zero attached hydrogens (tertiary/aromatic N) is 4. The Morgan fingerprint density at radius 2 is 2.32 bits per heavy atom. The summed E-state index contributed by atoms with van der Waals surface area (Å²) in [4.78, 5) is 13.9. The minimum Gasteiger partial charge on any atom is -0.354 e. The summed E-state index contributed by atoms with van der Waals surface area (Å²) in [6.07, 6.45) is 5.84. The highest BCUT2D eigenvalue weighted by Crippen LogP contribution is 2.60. The van der Waals surface area contributed by atoms with Crippen LogP contribution in [-0.4, -0.2) is 32.7 Å². The molecular formula is C16H19N5O. The lowest BCUT2D eigenvalue weighted by molar-refractivity contribution is -0.122. The molecule has 1 spiro atoms. The number of nitrogens with one attached hydrogen (secondary N) is 1. The fourth-order valence-corrected chi connectivity index (χ4v) is 3.87. The Morgan fingerprint density at radius 3 is 3.18 bits per heavy atom. The number of fused-ring (bicyclic) bond motifs is 2. The van der Waals surface area contributed by atoms with Gasteiger partial charge in [0.15, 0.2) is 6.33 Å². The average molecular weight is 297 g/mol. The van der Waals surface area contributed by atoms with Gasteiger partial charge in [-0.3, -0.25) is 4.79 Å². The van der Waals surface area contributed by atoms with Gasteiger partial charge in [-0.15, -0.1) is 10.2 Å². The number of hydrogen-bond acceptors (Lipinski definition) is 4. The first-order valence-corrected chi connectivity index (χ1v) is 7.86. The van der Waals surface area contributed by atoms with Crippen molar-refractivity contribution < 1.29 is 4.79 Å². The second-order valence-corrected chi connectivity index (χ2v) is 6.25. The van der Waals surface area contributed by atoms with Crippen LogP contribution in [-0.2, 0) is 23.2 Å². The van der Waals surface area contributed by atoms with Crippen molar-refractivity contribution >= 4 is 5.91 Å². The summed E-state index contributed by atoms with van der Waals surface area (Å²) in [5.41, 5.74) is 2.93. The molecule has 1 aromatic carbocycles. The van der Waals surface area contributed by atoms with Gasteiger partial charge in [0.1, 0.15) is 0 Å². The smallest absolute Gasteiger partial charge is 0.224 e. The van der Waals surface area contributed by atoms with E-state index >= 15 is 0 Å². The Balaban J connectivity index is 1.40. The van der Waals surface area contributed by atoms with Gasteiger partial charge in [0.25, 0.3) is 0 Å². The fraction of sp³-hybridized carbons (Fsp3) is 0.500. The number of aromatic nitrogens is 4. The Labute approximate surface area is 128 Å². The van der Waals surface area contributed by atoms with Crippen LogP contribution in [0.15, 0.2) is 30.6 Å². The van der Waals surface area contributed by atoms with Gasteiger partial charge in [-0.05, 0) is 42.0 Å². The standard InChI is InChI=1S/C16H19N5O/c22-15(17-8-9-21-19-11-18-20-21)14-10-16(14)7-3-5-12-4-1-2-6-13(12)16/h1-2,4,6,11,14H,3,5,7-10H2,(H,17,22). The molecule has 0 bridgehead atoms. The Hall–Kier alpha value is -2.24. The zero-order chi connectivity index (χ0) is 15.0. The van der Waals surface area contributed by atoms with Crippen LogP contribution in [0.3, 0.4) is 0 Å². The van der Waals surface area contributed by atoms with Crippen molar-refractivity contribution in [1.82, 2.24) is 25.5 Å². The third-order valence-electron chi connectivity index (χ3n) is 5.02. The average Bonchev–Trinajstić information content (AvgIpc) is 3.02. The Kier molecular flexibility index (Phi) is 3.17. The van der Waals surface area contributed by atoms with Crippen molar-refractivity contribution in [2.45, 2.75) is 37.6 Å². The van der Waals surface area contributed by atoms with E-state index in [-0.39, 0.29) is 17.2 Å². The van der Waals surface area contributed by atoms with E-state index in [0.29, 0.717) is 13.1 Å². The molecule has 4 rings (SSSR count). The second kappa shape index (κ2) is 5.19. The molecule has 1 fully saturated rings. The highest BCUT2D eigenvalue weighted by atomic mass is 16.2. The largest absolute Gasteiger partial charge is 0.354 e. The summed E-state index contributed by atoms with van der Waals surface area (Å²) in [6.45, 7) is 1.10. The number of amides is 1. The van der Waals surface area contributed by atoms with Gasteiger partial charge in [0.2, 0.25) is 5.91 Å². The molecule has 0 saturated heterocycles. The van der Waals surface area contributed by atoms with E-state index in [0.717, 1.165) is 19.3 Å². The SMILES string of the molecule is O=C(NCCn1ncnn1)C1CC12CCCc1ccccc12. The van der Waals surface area contributed by atoms with E-state index in [2.05, 4.69) is 45.0 Å². The molecule has 2 aliphatic rings. The molecule has 0 radical (unpaired) electrons. The number of tetrazole rings is 1. The van der Waals surface area contributed by atoms with Crippen molar-refractivity contribution in [2.75, 3.05) is 6.54 Å². The lowest BCUT2D eigenvalue weighted by atomic mass is 9.78. The van der Waals surface area contributed by atoms with E-state index in [1.54, 1.807) is 0 Å². The zero-order valence-electron chi connectivity index (χ0n) is 12.4. The molecule has 6 nitrogen and oxygen atoms in total. The molecule has 1 saturated carbocycles. The summed E-state index contributed by atoms with van der Waals surface area (Å²) >= 11 is 0. The molecule has 6 heteroatoms. The van der Waals surface area contributed by atoms with E-state index in [1.807, 2.05) is 0 Å². The molecular weight excluding hydrogens is 278 g/mol. The van der Waals surface area contributed by atoms with Gasteiger partial charge < -0.3 is 5.32 Å². The molecule has 2 aromatic rings. The molecule has 2 unspecified atom stereocenters. The summed E-state index contributed by atoms with van der Waals surface area (Å²) < 4.78 is 0. The Morgan fingerprint density at radius 1 is 1.41 bits per heavy atom. The number of hydrogen-bond donors (Lipinski definition) is 1. The van der Waals surface area contributed by atoms with E-state index in [9.17, 15) is 4.79 Å². The van der Waals surface area contributed by atoms with Crippen LogP contribution < -0.4 is 5.32 Å². The molecule has 2 aliphatic carbocycles. The van der Waals surface area contributed by atoms with Crippen LogP contribution in [0.5, 0.6) is 0 Å². The van der Waals surface area contributed by atoms with Gasteiger partial charge in [-0.25, -0.2) is 0 Å². The molecule has 1 N–H and O–H groups in total. The van der Waals surface area contributed by atoms with Gasteiger partial charge in [-0.1, -0.05) is 24.3 Å². The number of carbonyl (C=O) groups excluding carboxylic acids is 1. The highest BCUT2D eigenvalue weighted by Gasteiger charge is 2.59. The minimum absolute atomic E-state index is 0.102. The predicted octanol–water partition coefficient (Wildman–Crippen LogP) is 1.08. The fourth-order valence-electron chi connectivity index (χ4n) is 3.87. The summed E-state index contributed by atoms with van der Waals surface area (Å²) in [5, 5.41) is 14.4. The summed E-state index contributed by atoms with van der Waals surface area (Å²) in [7, 11) is 0. The van der Waals surface area contributed by atoms with E-state index in [1.165, 1.54) is 28.7 Å². The highest BCUT2D eigenvalue weighted by molar-refractivity contribution is 5.84. The maximum absolute atomic E-state index is 12.4. The first-order valence-electron chi connectivity index (χ1n) is 7.86. The molecule has 114 valence electrons. The molecule has 1 aromatic heterocycles.